The molecule has 1 aliphatic rings. The predicted molar refractivity (Wildman–Crippen MR) is 308 cm³/mol. The van der Waals surface area contributed by atoms with Crippen LogP contribution >= 0.6 is 0 Å². The molecule has 0 radical (unpaired) electrons. The maximum absolute atomic E-state index is 13.1. The molecule has 0 aliphatic heterocycles. The van der Waals surface area contributed by atoms with E-state index >= 15 is 0 Å². The van der Waals surface area contributed by atoms with Crippen molar-refractivity contribution in [2.24, 2.45) is 0 Å². The van der Waals surface area contributed by atoms with Crippen LogP contribution < -0.4 is 28.7 Å². The highest BCUT2D eigenvalue weighted by atomic mass is 16.7. The van der Waals surface area contributed by atoms with Crippen LogP contribution in [0.25, 0.3) is 24.3 Å². The molecule has 1 saturated carbocycles. The summed E-state index contributed by atoms with van der Waals surface area (Å²) in [6, 6.07) is 77.2. The molecule has 0 aromatic heterocycles. The second-order valence-corrected chi connectivity index (χ2v) is 18.8. The summed E-state index contributed by atoms with van der Waals surface area (Å²) < 4.78 is 22.0. The number of nitrogens with zero attached hydrogens (tertiary/aromatic N) is 2. The lowest BCUT2D eigenvalue weighted by atomic mass is 9.65. The van der Waals surface area contributed by atoms with E-state index in [1.165, 1.54) is 18.9 Å². The second-order valence-electron chi connectivity index (χ2n) is 18.8. The zero-order valence-corrected chi connectivity index (χ0v) is 42.6. The summed E-state index contributed by atoms with van der Waals surface area (Å²) >= 11 is 0. The highest BCUT2D eigenvalue weighted by molar-refractivity contribution is 5.81. The maximum atomic E-state index is 13.1. The van der Waals surface area contributed by atoms with Crippen LogP contribution in [0.4, 0.5) is 38.9 Å². The van der Waals surface area contributed by atoms with Gasteiger partial charge in [-0.15, -0.1) is 0 Å². The summed E-state index contributed by atoms with van der Waals surface area (Å²) in [7, 11) is 1.68. The Balaban J connectivity index is 0.757. The molecular formula is C68H58N2O6. The van der Waals surface area contributed by atoms with Crippen molar-refractivity contribution < 1.29 is 28.5 Å². The van der Waals surface area contributed by atoms with Gasteiger partial charge in [-0.1, -0.05) is 153 Å². The largest absolute Gasteiger partial charge is 0.519 e. The van der Waals surface area contributed by atoms with Gasteiger partial charge in [-0.05, 0) is 168 Å². The van der Waals surface area contributed by atoms with Crippen LogP contribution in [0.2, 0.25) is 0 Å². The molecule has 0 amide bonds. The predicted octanol–water partition coefficient (Wildman–Crippen LogP) is 17.7. The molecule has 0 heterocycles. The van der Waals surface area contributed by atoms with Crippen LogP contribution in [0.1, 0.15) is 72.4 Å². The van der Waals surface area contributed by atoms with Crippen LogP contribution in [0.15, 0.2) is 231 Å². The number of anilines is 6. The Morgan fingerprint density at radius 3 is 1.03 bits per heavy atom. The Bertz CT molecular complexity index is 3390. The zero-order chi connectivity index (χ0) is 52.1. The van der Waals surface area contributed by atoms with Gasteiger partial charge in [0.05, 0.1) is 7.11 Å². The number of para-hydroxylation sites is 2. The summed E-state index contributed by atoms with van der Waals surface area (Å²) in [6.45, 7) is 1.40. The number of carbonyl (C=O) groups excluding carboxylic acids is 2. The van der Waals surface area contributed by atoms with Gasteiger partial charge in [0.15, 0.2) is 0 Å². The van der Waals surface area contributed by atoms with Gasteiger partial charge in [-0.3, -0.25) is 4.79 Å². The van der Waals surface area contributed by atoms with E-state index in [1.807, 2.05) is 84.9 Å². The van der Waals surface area contributed by atoms with Crippen molar-refractivity contribution in [3.05, 3.63) is 264 Å². The molecule has 0 saturated heterocycles. The maximum Gasteiger partial charge on any atom is 0.519 e. The lowest BCUT2D eigenvalue weighted by molar-refractivity contribution is -0.131. The third-order valence-electron chi connectivity index (χ3n) is 13.8. The minimum absolute atomic E-state index is 0.182. The van der Waals surface area contributed by atoms with Crippen molar-refractivity contribution >= 4 is 70.6 Å². The first-order valence-electron chi connectivity index (χ1n) is 25.7. The summed E-state index contributed by atoms with van der Waals surface area (Å²) in [5.74, 6) is 1.77. The van der Waals surface area contributed by atoms with Crippen molar-refractivity contribution in [3.8, 4) is 23.0 Å². The first kappa shape index (κ1) is 50.1. The third kappa shape index (κ3) is 12.2. The van der Waals surface area contributed by atoms with Gasteiger partial charge in [0, 0.05) is 46.5 Å². The van der Waals surface area contributed by atoms with Crippen molar-refractivity contribution in [1.29, 1.82) is 0 Å². The van der Waals surface area contributed by atoms with Gasteiger partial charge in [0.25, 0.3) is 0 Å². The lowest BCUT2D eigenvalue weighted by Gasteiger charge is -2.38. The lowest BCUT2D eigenvalue weighted by Crippen LogP contribution is -2.30. The molecule has 8 heteroatoms. The van der Waals surface area contributed by atoms with E-state index < -0.39 is 6.16 Å². The van der Waals surface area contributed by atoms with Crippen LogP contribution in [0, 0.1) is 0 Å². The minimum Gasteiger partial charge on any atom is -0.497 e. The quantitative estimate of drug-likeness (QED) is 0.0410. The Morgan fingerprint density at radius 1 is 0.368 bits per heavy atom. The Kier molecular flexibility index (Phi) is 15.6. The number of rotatable bonds is 16. The molecule has 0 spiro atoms. The van der Waals surface area contributed by atoms with E-state index in [2.05, 4.69) is 168 Å². The molecule has 76 heavy (non-hydrogen) atoms. The minimum atomic E-state index is -0.818. The van der Waals surface area contributed by atoms with E-state index in [0.717, 1.165) is 93.4 Å². The number of methoxy groups -OCH3 is 1. The molecule has 0 N–H and O–H groups in total. The normalized spacial score (nSPS) is 13.0. The number of hydrogen-bond acceptors (Lipinski definition) is 8. The molecule has 1 fully saturated rings. The topological polar surface area (TPSA) is 77.5 Å². The van der Waals surface area contributed by atoms with Crippen LogP contribution in [0.3, 0.4) is 0 Å². The van der Waals surface area contributed by atoms with E-state index in [-0.39, 0.29) is 11.4 Å². The van der Waals surface area contributed by atoms with Crippen molar-refractivity contribution in [3.63, 3.8) is 0 Å². The fraction of sp³-hybridized carbons (Fsp3) is 0.118. The summed E-state index contributed by atoms with van der Waals surface area (Å²) in [4.78, 5) is 29.0. The van der Waals surface area contributed by atoms with Crippen molar-refractivity contribution in [2.75, 3.05) is 16.9 Å². The molecule has 0 atom stereocenters. The average molecular weight is 999 g/mol. The molecule has 9 aromatic rings. The van der Waals surface area contributed by atoms with Crippen molar-refractivity contribution in [2.45, 2.75) is 44.4 Å². The molecule has 1 aliphatic carbocycles. The number of esters is 1. The number of hydrogen-bond donors (Lipinski definition) is 0. The summed E-state index contributed by atoms with van der Waals surface area (Å²) in [5, 5.41) is 0. The van der Waals surface area contributed by atoms with Gasteiger partial charge in [0.1, 0.15) is 23.0 Å². The Hall–Kier alpha value is -9.40. The number of benzene rings is 9. The van der Waals surface area contributed by atoms with Gasteiger partial charge in [-0.2, -0.15) is 0 Å². The van der Waals surface area contributed by atoms with Crippen molar-refractivity contribution in [1.82, 2.24) is 0 Å². The average Bonchev–Trinajstić information content (AvgIpc) is 3.49. The van der Waals surface area contributed by atoms with Gasteiger partial charge in [0.2, 0.25) is 0 Å². The van der Waals surface area contributed by atoms with Crippen LogP contribution in [-0.4, -0.2) is 19.2 Å². The standard InChI is InChI=1S/C68H58N2O6/c1-50(71)74-64-40-28-55(29-41-64)68(48-10-5-11-49-68)56-30-42-65(43-31-56)75-67(72)76-66-46-38-62(39-47-66)70(58-14-8-4-9-15-58)60-34-26-54(27-35-60)23-21-52-18-16-51(17-19-52)20-22-53-24-32-59(33-25-53)69(57-12-6-3-7-13-57)61-36-44-63(73-2)45-37-61/h3-4,6-9,12-47H,5,10-11,48-49H2,1-2H3/b22-20+,23-21+. The monoisotopic (exact) mass is 998 g/mol. The fourth-order valence-corrected chi connectivity index (χ4v) is 9.98. The summed E-state index contributed by atoms with van der Waals surface area (Å²) in [6.07, 6.45) is 13.1. The molecule has 376 valence electrons. The van der Waals surface area contributed by atoms with Gasteiger partial charge in [-0.25, -0.2) is 4.79 Å². The Labute approximate surface area is 445 Å². The first-order valence-corrected chi connectivity index (χ1v) is 25.7. The van der Waals surface area contributed by atoms with E-state index in [4.69, 9.17) is 18.9 Å². The van der Waals surface area contributed by atoms with Gasteiger partial charge >= 0.3 is 12.1 Å². The molecule has 0 unspecified atom stereocenters. The fourth-order valence-electron chi connectivity index (χ4n) is 9.98. The molecule has 9 aromatic carbocycles. The number of ether oxygens (including phenoxy) is 4. The van der Waals surface area contributed by atoms with E-state index in [1.54, 1.807) is 19.2 Å². The van der Waals surface area contributed by atoms with Crippen LogP contribution in [0.5, 0.6) is 23.0 Å². The molecule has 8 nitrogen and oxygen atoms in total. The molecular weight excluding hydrogens is 941 g/mol. The van der Waals surface area contributed by atoms with Crippen LogP contribution in [-0.2, 0) is 10.2 Å². The molecule has 0 bridgehead atoms. The van der Waals surface area contributed by atoms with Gasteiger partial charge < -0.3 is 28.7 Å². The van der Waals surface area contributed by atoms with E-state index in [0.29, 0.717) is 17.2 Å². The van der Waals surface area contributed by atoms with E-state index in [9.17, 15) is 9.59 Å². The smallest absolute Gasteiger partial charge is 0.497 e. The highest BCUT2D eigenvalue weighted by Crippen LogP contribution is 2.46. The zero-order valence-electron chi connectivity index (χ0n) is 42.6. The highest BCUT2D eigenvalue weighted by Gasteiger charge is 2.36. The SMILES string of the molecule is COc1ccc(N(c2ccccc2)c2ccc(/C=C/c3ccc(/C=C/c4ccc(N(c5ccccc5)c5ccc(OC(=O)Oc6ccc(C7(c8ccc(OC(C)=O)cc8)CCCCC7)cc6)cc5)cc4)cc3)cc2)cc1. The Morgan fingerprint density at radius 2 is 0.671 bits per heavy atom. The molecule has 10 rings (SSSR count). The number of carbonyl (C=O) groups is 2. The second kappa shape index (κ2) is 23.6. The third-order valence-corrected chi connectivity index (χ3v) is 13.8. The summed E-state index contributed by atoms with van der Waals surface area (Å²) in [5.41, 5.74) is 12.6. The first-order chi connectivity index (χ1) is 37.3.